The van der Waals surface area contributed by atoms with E-state index in [4.69, 9.17) is 17.7 Å². The van der Waals surface area contributed by atoms with Gasteiger partial charge in [0.05, 0.1) is 56.9 Å². The molecule has 0 amide bonds. The van der Waals surface area contributed by atoms with Crippen molar-refractivity contribution in [2.24, 2.45) is 0 Å². The first-order chi connectivity index (χ1) is 66.7. The summed E-state index contributed by atoms with van der Waals surface area (Å²) in [5.74, 6) is 0. The highest BCUT2D eigenvalue weighted by molar-refractivity contribution is 6.33. The Morgan fingerprint density at radius 1 is 0.154 bits per heavy atom. The maximum atomic E-state index is 7.01. The summed E-state index contributed by atoms with van der Waals surface area (Å²) in [6.45, 7) is 17.7. The fourth-order valence-corrected chi connectivity index (χ4v) is 23.4. The van der Waals surface area contributed by atoms with Gasteiger partial charge in [-0.2, -0.15) is 0 Å². The van der Waals surface area contributed by atoms with Crippen molar-refractivity contribution < 1.29 is 17.7 Å². The van der Waals surface area contributed by atoms with E-state index >= 15 is 0 Å². The summed E-state index contributed by atoms with van der Waals surface area (Å²) in [7, 11) is 0. The third kappa shape index (κ3) is 11.9. The molecule has 0 aliphatic rings. The van der Waals surface area contributed by atoms with Gasteiger partial charge in [0, 0.05) is 76.0 Å². The minimum atomic E-state index is 0.866. The minimum Gasteiger partial charge on any atom is -0.454 e. The van der Waals surface area contributed by atoms with Gasteiger partial charge in [-0.05, 0) is 272 Å². The van der Waals surface area contributed by atoms with Crippen molar-refractivity contribution in [3.63, 3.8) is 0 Å². The molecule has 24 aromatic carbocycles. The fourth-order valence-electron chi connectivity index (χ4n) is 23.4. The number of furan rings is 4. The monoisotopic (exact) mass is 1740 g/mol. The normalized spacial score (nSPS) is 12.1. The SMILES string of the molecule is Cc1cc(C)c(N(c2ccc3ccc4c(N(c5c(C)cc(C)cc5C)c5cccc6c5oc5ccc7ccccc7c56)ccc5ccc2c3c54)c2cccc3c2oc2ccc4ccccc4c23)c(C)c1.Cc1cccc(N(c2ccc3ccc4c(N(c5cccc(C)c5)c5cc6ccccc6c6c5oc5ccccc56)ccc5ccc2c3c54)c2cc3ccccc3c3c2oc2ccccc23)c1. The summed E-state index contributed by atoms with van der Waals surface area (Å²) in [4.78, 5) is 9.79. The van der Waals surface area contributed by atoms with Gasteiger partial charge in [-0.1, -0.05) is 302 Å². The highest BCUT2D eigenvalue weighted by Gasteiger charge is 2.33. The summed E-state index contributed by atoms with van der Waals surface area (Å²) in [6.07, 6.45) is 0. The lowest BCUT2D eigenvalue weighted by Crippen LogP contribution is -2.14. The van der Waals surface area contributed by atoms with Gasteiger partial charge in [-0.25, -0.2) is 0 Å². The van der Waals surface area contributed by atoms with Crippen LogP contribution in [0.5, 0.6) is 0 Å². The van der Waals surface area contributed by atoms with Crippen LogP contribution >= 0.6 is 0 Å². The van der Waals surface area contributed by atoms with Crippen molar-refractivity contribution in [2.45, 2.75) is 55.4 Å². The van der Waals surface area contributed by atoms with Crippen LogP contribution < -0.4 is 19.6 Å². The summed E-state index contributed by atoms with van der Waals surface area (Å²) in [5, 5.41) is 32.8. The zero-order valence-electron chi connectivity index (χ0n) is 76.4. The van der Waals surface area contributed by atoms with Crippen LogP contribution in [0.2, 0.25) is 0 Å². The van der Waals surface area contributed by atoms with Crippen LogP contribution in [0, 0.1) is 55.4 Å². The summed E-state index contributed by atoms with van der Waals surface area (Å²) >= 11 is 0. The zero-order valence-corrected chi connectivity index (χ0v) is 76.4. The first kappa shape index (κ1) is 78.6. The number of benzene rings is 24. The second-order valence-corrected chi connectivity index (χ2v) is 37.4. The second kappa shape index (κ2) is 30.2. The van der Waals surface area contributed by atoms with E-state index in [1.807, 2.05) is 0 Å². The van der Waals surface area contributed by atoms with E-state index in [-0.39, 0.29) is 0 Å². The molecule has 0 radical (unpaired) electrons. The van der Waals surface area contributed by atoms with Gasteiger partial charge in [0.2, 0.25) is 0 Å². The Balaban J connectivity index is 0.000000138. The largest absolute Gasteiger partial charge is 0.454 e. The maximum Gasteiger partial charge on any atom is 0.160 e. The van der Waals surface area contributed by atoms with Gasteiger partial charge >= 0.3 is 0 Å². The third-order valence-corrected chi connectivity index (χ3v) is 28.8. The molecule has 0 fully saturated rings. The molecule has 136 heavy (non-hydrogen) atoms. The topological polar surface area (TPSA) is 65.5 Å². The Bertz CT molecular complexity index is 9320. The molecule has 28 aromatic rings. The van der Waals surface area contributed by atoms with Gasteiger partial charge in [0.15, 0.2) is 22.3 Å². The van der Waals surface area contributed by atoms with Gasteiger partial charge in [-0.15, -0.1) is 0 Å². The van der Waals surface area contributed by atoms with E-state index in [0.717, 1.165) is 178 Å². The van der Waals surface area contributed by atoms with Crippen LogP contribution in [-0.2, 0) is 0 Å². The van der Waals surface area contributed by atoms with Gasteiger partial charge < -0.3 is 37.3 Å². The van der Waals surface area contributed by atoms with Gasteiger partial charge in [0.25, 0.3) is 0 Å². The van der Waals surface area contributed by atoms with Crippen molar-refractivity contribution in [2.75, 3.05) is 19.6 Å². The average molecular weight is 1750 g/mol. The number of hydrogen-bond acceptors (Lipinski definition) is 8. The van der Waals surface area contributed by atoms with Crippen molar-refractivity contribution in [1.29, 1.82) is 0 Å². The lowest BCUT2D eigenvalue weighted by molar-refractivity contribution is 0.669. The molecule has 0 saturated carbocycles. The average Bonchev–Trinajstić information content (AvgIpc) is 1.18. The van der Waals surface area contributed by atoms with Crippen LogP contribution in [-0.4, -0.2) is 0 Å². The molecule has 0 aliphatic carbocycles. The lowest BCUT2D eigenvalue weighted by atomic mass is 9.91. The van der Waals surface area contributed by atoms with Crippen molar-refractivity contribution in [3.8, 4) is 0 Å². The van der Waals surface area contributed by atoms with E-state index in [1.54, 1.807) is 0 Å². The van der Waals surface area contributed by atoms with Crippen molar-refractivity contribution >= 4 is 264 Å². The molecular weight excluding hydrogens is 1660 g/mol. The fraction of sp³-hybridized carbons (Fsp3) is 0.0625. The predicted molar refractivity (Wildman–Crippen MR) is 576 cm³/mol. The number of anilines is 12. The summed E-state index contributed by atoms with van der Waals surface area (Å²) in [6, 6.07) is 142. The van der Waals surface area contributed by atoms with E-state index in [1.165, 1.54) is 131 Å². The van der Waals surface area contributed by atoms with E-state index in [9.17, 15) is 0 Å². The van der Waals surface area contributed by atoms with Crippen LogP contribution in [0.3, 0.4) is 0 Å². The standard InChI is InChI=1S/C66H48N2O2.C62H40N2O2/c1-37-33-39(3)63(40(4)34-37)67(55-19-11-17-51-61-47-15-9-7-13-43(47)25-31-57(61)69-65(51)55)53-29-23-45-22-28-50-54(30-24-46-21-27-49(53)59(45)60(46)50)68(64-41(5)35-38(2)36-42(64)6)56-20-12-18-52-62-48-16-10-8-14-44(48)26-32-58(62)70-66(52)56;1-37-13-11-17-43(33-37)63(53-35-41-15-3-5-19-45(41)59-49-21-7-9-23-55(49)65-61(53)59)51-31-27-39-26-30-48-52(32-28-40-25-29-47(51)57(39)58(40)48)64(44-18-12-14-38(2)34-44)54-36-42-16-4-6-20-46(42)60-50-22-8-10-24-56(50)66-62(54)60/h7-36H,1-6H3;3-36H,1-2H3. The number of aryl methyl sites for hydroxylation is 8. The highest BCUT2D eigenvalue weighted by atomic mass is 16.3. The molecule has 0 aliphatic heterocycles. The molecule has 4 aromatic heterocycles. The van der Waals surface area contributed by atoms with Crippen LogP contribution in [0.1, 0.15) is 44.5 Å². The number of rotatable bonds is 12. The first-order valence-electron chi connectivity index (χ1n) is 47.0. The summed E-state index contributed by atoms with van der Waals surface area (Å²) in [5.41, 5.74) is 29.5. The van der Waals surface area contributed by atoms with Crippen LogP contribution in [0.25, 0.3) is 195 Å². The number of fused-ring (bicyclic) bond motifs is 20. The first-order valence-corrected chi connectivity index (χ1v) is 47.0. The van der Waals surface area contributed by atoms with E-state index < -0.39 is 0 Å². The smallest absolute Gasteiger partial charge is 0.160 e. The molecule has 28 rings (SSSR count). The number of hydrogen-bond donors (Lipinski definition) is 0. The molecule has 0 unspecified atom stereocenters. The maximum absolute atomic E-state index is 7.01. The van der Waals surface area contributed by atoms with E-state index in [2.05, 4.69) is 463 Å². The predicted octanol–water partition coefficient (Wildman–Crippen LogP) is 37.7. The molecule has 4 heterocycles. The minimum absolute atomic E-state index is 0.866. The van der Waals surface area contributed by atoms with Crippen LogP contribution in [0.4, 0.5) is 68.2 Å². The van der Waals surface area contributed by atoms with Crippen LogP contribution in [0.15, 0.2) is 406 Å². The Kier molecular flexibility index (Phi) is 17.4. The lowest BCUT2D eigenvalue weighted by Gasteiger charge is -2.32. The molecule has 0 atom stereocenters. The summed E-state index contributed by atoms with van der Waals surface area (Å²) < 4.78 is 27.9. The van der Waals surface area contributed by atoms with Gasteiger partial charge in [0.1, 0.15) is 22.3 Å². The Labute approximate surface area is 783 Å². The van der Waals surface area contributed by atoms with Crippen molar-refractivity contribution in [1.82, 2.24) is 0 Å². The molecular formula is C128H88N4O4. The molecule has 8 nitrogen and oxygen atoms in total. The Hall–Kier alpha value is -17.2. The molecule has 8 heteroatoms. The second-order valence-electron chi connectivity index (χ2n) is 37.4. The molecule has 0 spiro atoms. The number of para-hydroxylation sites is 4. The Morgan fingerprint density at radius 3 is 0.816 bits per heavy atom. The molecule has 0 N–H and O–H groups in total. The molecule has 0 bridgehead atoms. The van der Waals surface area contributed by atoms with Crippen molar-refractivity contribution in [3.05, 3.63) is 433 Å². The van der Waals surface area contributed by atoms with Gasteiger partial charge in [-0.3, -0.25) is 0 Å². The highest BCUT2D eigenvalue weighted by Crippen LogP contribution is 2.57. The third-order valence-electron chi connectivity index (χ3n) is 28.8. The number of nitrogens with zero attached hydrogens (tertiary/aromatic N) is 4. The zero-order chi connectivity index (χ0) is 90.7. The molecule has 0 saturated heterocycles. The molecule has 644 valence electrons. The quantitative estimate of drug-likeness (QED) is 0.112. The Morgan fingerprint density at radius 2 is 0.449 bits per heavy atom. The van der Waals surface area contributed by atoms with E-state index in [0.29, 0.717) is 0 Å².